The fraction of sp³-hybridized carbons (Fsp3) is 0.273. The largest absolute Gasteiger partial charge is 0.420 e. The fourth-order valence-electron chi connectivity index (χ4n) is 3.81. The van der Waals surface area contributed by atoms with E-state index in [4.69, 9.17) is 8.94 Å². The van der Waals surface area contributed by atoms with E-state index >= 15 is 0 Å². The Labute approximate surface area is 171 Å². The van der Waals surface area contributed by atoms with Gasteiger partial charge in [-0.3, -0.25) is 4.79 Å². The van der Waals surface area contributed by atoms with Crippen molar-refractivity contribution in [2.75, 3.05) is 13.1 Å². The Morgan fingerprint density at radius 3 is 2.63 bits per heavy atom. The van der Waals surface area contributed by atoms with Gasteiger partial charge in [-0.05, 0) is 49.2 Å². The topological polar surface area (TPSA) is 85.3 Å². The molecule has 0 aliphatic carbocycles. The molecule has 1 saturated heterocycles. The number of hydrogen-bond donors (Lipinski definition) is 0. The van der Waals surface area contributed by atoms with Crippen LogP contribution < -0.4 is 0 Å². The molecule has 3 heterocycles. The van der Waals surface area contributed by atoms with Gasteiger partial charge in [-0.15, -0.1) is 10.2 Å². The molecule has 1 aliphatic heterocycles. The van der Waals surface area contributed by atoms with Crippen molar-refractivity contribution in [2.24, 2.45) is 0 Å². The number of para-hydroxylation sites is 1. The van der Waals surface area contributed by atoms with Gasteiger partial charge in [0.2, 0.25) is 17.7 Å². The molecule has 4 aromatic rings. The van der Waals surface area contributed by atoms with E-state index in [0.29, 0.717) is 41.7 Å². The number of fused-ring (bicyclic) bond motifs is 1. The van der Waals surface area contributed by atoms with Gasteiger partial charge < -0.3 is 13.8 Å². The Bertz CT molecular complexity index is 1180. The van der Waals surface area contributed by atoms with Gasteiger partial charge in [0.25, 0.3) is 0 Å². The van der Waals surface area contributed by atoms with Crippen LogP contribution in [0.5, 0.6) is 0 Å². The number of amides is 1. The number of aromatic nitrogens is 3. The molecule has 0 atom stereocenters. The van der Waals surface area contributed by atoms with Gasteiger partial charge in [0.15, 0.2) is 5.58 Å². The van der Waals surface area contributed by atoms with Crippen LogP contribution in [0.4, 0.5) is 4.39 Å². The summed E-state index contributed by atoms with van der Waals surface area (Å²) in [7, 11) is 0. The van der Waals surface area contributed by atoms with Crippen LogP contribution in [-0.2, 0) is 11.2 Å². The molecule has 0 unspecified atom stereocenters. The average Bonchev–Trinajstić information content (AvgIpc) is 3.42. The molecule has 1 amide bonds. The van der Waals surface area contributed by atoms with E-state index < -0.39 is 0 Å². The van der Waals surface area contributed by atoms with Gasteiger partial charge in [0.05, 0.1) is 6.42 Å². The lowest BCUT2D eigenvalue weighted by Gasteiger charge is -2.30. The number of benzene rings is 2. The van der Waals surface area contributed by atoms with Gasteiger partial charge in [0, 0.05) is 30.0 Å². The zero-order chi connectivity index (χ0) is 20.5. The number of likely N-dealkylation sites (tertiary alicyclic amines) is 1. The zero-order valence-electron chi connectivity index (χ0n) is 16.1. The van der Waals surface area contributed by atoms with Crippen LogP contribution >= 0.6 is 0 Å². The Balaban J connectivity index is 1.21. The molecule has 2 aromatic carbocycles. The van der Waals surface area contributed by atoms with Crippen molar-refractivity contribution in [3.63, 3.8) is 0 Å². The van der Waals surface area contributed by atoms with E-state index in [-0.39, 0.29) is 24.1 Å². The molecule has 0 saturated carbocycles. The van der Waals surface area contributed by atoms with Gasteiger partial charge in [-0.1, -0.05) is 17.3 Å². The lowest BCUT2D eigenvalue weighted by molar-refractivity contribution is -0.131. The average molecular weight is 406 g/mol. The molecule has 0 radical (unpaired) electrons. The smallest absolute Gasteiger partial charge is 0.247 e. The first-order valence-electron chi connectivity index (χ1n) is 9.88. The third-order valence-electron chi connectivity index (χ3n) is 5.50. The quantitative estimate of drug-likeness (QED) is 0.510. The number of hydrogen-bond acceptors (Lipinski definition) is 6. The summed E-state index contributed by atoms with van der Waals surface area (Å²) < 4.78 is 24.2. The minimum atomic E-state index is -0.311. The van der Waals surface area contributed by atoms with Crippen LogP contribution in [0, 0.1) is 5.82 Å². The summed E-state index contributed by atoms with van der Waals surface area (Å²) in [6, 6.07) is 13.5. The molecule has 8 heteroatoms. The normalized spacial score (nSPS) is 15.0. The van der Waals surface area contributed by atoms with E-state index in [9.17, 15) is 9.18 Å². The van der Waals surface area contributed by atoms with Crippen molar-refractivity contribution in [3.05, 3.63) is 65.9 Å². The van der Waals surface area contributed by atoms with Crippen LogP contribution in [0.2, 0.25) is 0 Å². The highest BCUT2D eigenvalue weighted by molar-refractivity contribution is 5.86. The SMILES string of the molecule is O=C(Cc1noc2ccccc12)N1CCC(c2nnc(-c3ccc(F)cc3)o2)CC1. The first kappa shape index (κ1) is 18.5. The number of nitrogens with zero attached hydrogens (tertiary/aromatic N) is 4. The summed E-state index contributed by atoms with van der Waals surface area (Å²) >= 11 is 0. The monoisotopic (exact) mass is 406 g/mol. The van der Waals surface area contributed by atoms with Crippen LogP contribution in [-0.4, -0.2) is 39.3 Å². The van der Waals surface area contributed by atoms with Crippen molar-refractivity contribution in [1.29, 1.82) is 0 Å². The van der Waals surface area contributed by atoms with Crippen LogP contribution in [0.25, 0.3) is 22.4 Å². The highest BCUT2D eigenvalue weighted by Gasteiger charge is 2.28. The number of carbonyl (C=O) groups excluding carboxylic acids is 1. The number of halogens is 1. The molecule has 0 bridgehead atoms. The van der Waals surface area contributed by atoms with Gasteiger partial charge in [-0.25, -0.2) is 4.39 Å². The van der Waals surface area contributed by atoms with Crippen molar-refractivity contribution < 1.29 is 18.1 Å². The minimum Gasteiger partial charge on any atom is -0.420 e. The van der Waals surface area contributed by atoms with E-state index in [1.807, 2.05) is 29.2 Å². The third kappa shape index (κ3) is 3.56. The van der Waals surface area contributed by atoms with Crippen LogP contribution in [0.15, 0.2) is 57.5 Å². The van der Waals surface area contributed by atoms with Gasteiger partial charge in [-0.2, -0.15) is 0 Å². The molecule has 7 nitrogen and oxygen atoms in total. The molecule has 0 N–H and O–H groups in total. The maximum Gasteiger partial charge on any atom is 0.247 e. The second kappa shape index (κ2) is 7.70. The molecule has 1 fully saturated rings. The minimum absolute atomic E-state index is 0.0324. The molecule has 1 aliphatic rings. The molecule has 152 valence electrons. The standard InChI is InChI=1S/C22H19FN4O3/c23-16-7-5-14(6-8-16)21-24-25-22(29-21)15-9-11-27(12-10-15)20(28)13-18-17-3-1-2-4-19(17)30-26-18/h1-8,15H,9-13H2. The second-order valence-electron chi connectivity index (χ2n) is 7.41. The van der Waals surface area contributed by atoms with Crippen molar-refractivity contribution in [2.45, 2.75) is 25.2 Å². The molecular formula is C22H19FN4O3. The van der Waals surface area contributed by atoms with E-state index in [1.165, 1.54) is 12.1 Å². The zero-order valence-corrected chi connectivity index (χ0v) is 16.1. The highest BCUT2D eigenvalue weighted by Crippen LogP contribution is 2.30. The Morgan fingerprint density at radius 2 is 1.83 bits per heavy atom. The van der Waals surface area contributed by atoms with Gasteiger partial charge >= 0.3 is 0 Å². The summed E-state index contributed by atoms with van der Waals surface area (Å²) in [5.41, 5.74) is 2.04. The predicted octanol–water partition coefficient (Wildman–Crippen LogP) is 3.97. The fourth-order valence-corrected chi connectivity index (χ4v) is 3.81. The molecule has 2 aromatic heterocycles. The lowest BCUT2D eigenvalue weighted by atomic mass is 9.96. The summed E-state index contributed by atoms with van der Waals surface area (Å²) in [4.78, 5) is 14.6. The highest BCUT2D eigenvalue weighted by atomic mass is 19.1. The van der Waals surface area contributed by atoms with Gasteiger partial charge in [0.1, 0.15) is 11.5 Å². The van der Waals surface area contributed by atoms with Crippen molar-refractivity contribution in [1.82, 2.24) is 20.3 Å². The first-order chi connectivity index (χ1) is 14.7. The predicted molar refractivity (Wildman–Crippen MR) is 106 cm³/mol. The molecular weight excluding hydrogens is 387 g/mol. The maximum atomic E-state index is 13.1. The third-order valence-corrected chi connectivity index (χ3v) is 5.50. The summed E-state index contributed by atoms with van der Waals surface area (Å²) in [6.45, 7) is 1.24. The first-order valence-corrected chi connectivity index (χ1v) is 9.88. The van der Waals surface area contributed by atoms with Crippen molar-refractivity contribution >= 4 is 16.9 Å². The lowest BCUT2D eigenvalue weighted by Crippen LogP contribution is -2.38. The Kier molecular flexibility index (Phi) is 4.74. The summed E-state index contributed by atoms with van der Waals surface area (Å²) in [5.74, 6) is 0.758. The second-order valence-corrected chi connectivity index (χ2v) is 7.41. The molecule has 5 rings (SSSR count). The number of rotatable bonds is 4. The van der Waals surface area contributed by atoms with E-state index in [2.05, 4.69) is 15.4 Å². The van der Waals surface area contributed by atoms with E-state index in [1.54, 1.807) is 12.1 Å². The Morgan fingerprint density at radius 1 is 1.07 bits per heavy atom. The Hall–Kier alpha value is -3.55. The molecule has 0 spiro atoms. The summed E-state index contributed by atoms with van der Waals surface area (Å²) in [6.07, 6.45) is 1.71. The number of piperidine rings is 1. The van der Waals surface area contributed by atoms with Crippen LogP contribution in [0.3, 0.4) is 0 Å². The van der Waals surface area contributed by atoms with Crippen molar-refractivity contribution in [3.8, 4) is 11.5 Å². The van der Waals surface area contributed by atoms with Crippen LogP contribution in [0.1, 0.15) is 30.3 Å². The number of carbonyl (C=O) groups is 1. The molecule has 30 heavy (non-hydrogen) atoms. The maximum absolute atomic E-state index is 13.1. The summed E-state index contributed by atoms with van der Waals surface area (Å²) in [5, 5.41) is 13.2. The van der Waals surface area contributed by atoms with E-state index in [0.717, 1.165) is 18.2 Å².